The Morgan fingerprint density at radius 3 is 3.09 bits per heavy atom. The molecule has 0 atom stereocenters. The van der Waals surface area contributed by atoms with Crippen molar-refractivity contribution in [2.45, 2.75) is 26.2 Å². The Hall–Kier alpha value is -0.920. The fraction of sp³-hybridized carbons (Fsp3) is 0.444. The van der Waals surface area contributed by atoms with Crippen LogP contribution in [0.25, 0.3) is 0 Å². The molecule has 0 aromatic rings. The molecule has 1 heterocycles. The normalized spacial score (nSPS) is 16.2. The number of allylic oxidation sites excluding steroid dienone is 1. The van der Waals surface area contributed by atoms with Crippen molar-refractivity contribution in [1.82, 2.24) is 10.2 Å². The first-order chi connectivity index (χ1) is 5.34. The van der Waals surface area contributed by atoms with Gasteiger partial charge in [0.25, 0.3) is 0 Å². The molecule has 0 unspecified atom stereocenters. The van der Waals surface area contributed by atoms with Crippen molar-refractivity contribution in [3.8, 4) is 0 Å². The number of nitrogens with zero attached hydrogens (tertiary/aromatic N) is 1. The van der Waals surface area contributed by atoms with Gasteiger partial charge in [0.05, 0.1) is 0 Å². The van der Waals surface area contributed by atoms with Gasteiger partial charge in [-0.05, 0) is 12.8 Å². The van der Waals surface area contributed by atoms with E-state index in [2.05, 4.69) is 19.3 Å². The molecule has 0 saturated heterocycles. The van der Waals surface area contributed by atoms with Gasteiger partial charge in [0, 0.05) is 31.3 Å². The lowest BCUT2D eigenvalue weighted by Gasteiger charge is -2.21. The summed E-state index contributed by atoms with van der Waals surface area (Å²) in [6.45, 7) is 2.19. The van der Waals surface area contributed by atoms with Crippen LogP contribution in [0.2, 0.25) is 0 Å². The molecule has 0 aromatic carbocycles. The van der Waals surface area contributed by atoms with Crippen molar-refractivity contribution in [2.75, 3.05) is 0 Å². The molecule has 0 aromatic heterocycles. The summed E-state index contributed by atoms with van der Waals surface area (Å²) in [5, 5.41) is 3.05. The molecular formula is C9H15N2. The summed E-state index contributed by atoms with van der Waals surface area (Å²) in [5.41, 5.74) is 1.26. The summed E-state index contributed by atoms with van der Waals surface area (Å²) in [6.07, 6.45) is 9.38. The molecule has 2 nitrogen and oxygen atoms in total. The van der Waals surface area contributed by atoms with Gasteiger partial charge in [-0.25, -0.2) is 0 Å². The van der Waals surface area contributed by atoms with E-state index < -0.39 is 0 Å². The van der Waals surface area contributed by atoms with Gasteiger partial charge in [-0.3, -0.25) is 0 Å². The van der Waals surface area contributed by atoms with E-state index in [4.69, 9.17) is 0 Å². The van der Waals surface area contributed by atoms with Crippen LogP contribution in [0.3, 0.4) is 0 Å². The molecular weight excluding hydrogens is 136 g/mol. The van der Waals surface area contributed by atoms with Crippen molar-refractivity contribution in [2.24, 2.45) is 0 Å². The van der Waals surface area contributed by atoms with E-state index >= 15 is 0 Å². The molecule has 0 bridgehead atoms. The standard InChI is InChI=1S/C9H15N2/c1-3-4-5-9-8-10-6-7-11(9)2/h6-8,10H,2-5H2,1H3. The third kappa shape index (κ3) is 2.30. The topological polar surface area (TPSA) is 15.3 Å². The van der Waals surface area contributed by atoms with Gasteiger partial charge in [0.1, 0.15) is 0 Å². The maximum Gasteiger partial charge on any atom is 0.0403 e. The number of nitrogens with one attached hydrogen (secondary N) is 1. The average Bonchev–Trinajstić information content (AvgIpc) is 2.03. The SMILES string of the molecule is [CH2]N1C=CNC=C1CCCC. The number of hydrogen-bond donors (Lipinski definition) is 1. The number of rotatable bonds is 3. The number of hydrogen-bond acceptors (Lipinski definition) is 2. The first kappa shape index (κ1) is 8.18. The van der Waals surface area contributed by atoms with Gasteiger partial charge >= 0.3 is 0 Å². The maximum atomic E-state index is 3.87. The zero-order valence-corrected chi connectivity index (χ0v) is 7.01. The second kappa shape index (κ2) is 4.06. The lowest BCUT2D eigenvalue weighted by molar-refractivity contribution is 0.548. The Morgan fingerprint density at radius 2 is 2.45 bits per heavy atom. The van der Waals surface area contributed by atoms with Crippen LogP contribution >= 0.6 is 0 Å². The maximum absolute atomic E-state index is 3.87. The summed E-state index contributed by atoms with van der Waals surface area (Å²) in [5.74, 6) is 0. The van der Waals surface area contributed by atoms with Crippen LogP contribution in [0, 0.1) is 7.05 Å². The van der Waals surface area contributed by atoms with Crippen LogP contribution in [0.4, 0.5) is 0 Å². The molecule has 0 fully saturated rings. The molecule has 61 valence electrons. The van der Waals surface area contributed by atoms with Crippen molar-refractivity contribution < 1.29 is 0 Å². The lowest BCUT2D eigenvalue weighted by atomic mass is 10.2. The predicted octanol–water partition coefficient (Wildman–Crippen LogP) is 2.19. The van der Waals surface area contributed by atoms with Crippen molar-refractivity contribution in [1.29, 1.82) is 0 Å². The predicted molar refractivity (Wildman–Crippen MR) is 47.1 cm³/mol. The Labute approximate surface area is 68.6 Å². The van der Waals surface area contributed by atoms with E-state index in [1.807, 2.05) is 23.5 Å². The summed E-state index contributed by atoms with van der Waals surface area (Å²) >= 11 is 0. The van der Waals surface area contributed by atoms with E-state index in [0.717, 1.165) is 6.42 Å². The van der Waals surface area contributed by atoms with Crippen molar-refractivity contribution in [3.63, 3.8) is 0 Å². The van der Waals surface area contributed by atoms with Crippen LogP contribution in [0.5, 0.6) is 0 Å². The molecule has 1 aliphatic heterocycles. The van der Waals surface area contributed by atoms with Gasteiger partial charge in [-0.15, -0.1) is 0 Å². The third-order valence-corrected chi connectivity index (χ3v) is 1.76. The highest BCUT2D eigenvalue weighted by Crippen LogP contribution is 2.13. The van der Waals surface area contributed by atoms with Crippen molar-refractivity contribution >= 4 is 0 Å². The minimum atomic E-state index is 1.11. The summed E-state index contributed by atoms with van der Waals surface area (Å²) in [4.78, 5) is 1.91. The highest BCUT2D eigenvalue weighted by Gasteiger charge is 2.02. The molecule has 1 rings (SSSR count). The fourth-order valence-electron chi connectivity index (χ4n) is 1.03. The van der Waals surface area contributed by atoms with Gasteiger partial charge < -0.3 is 10.2 Å². The van der Waals surface area contributed by atoms with Gasteiger partial charge in [-0.2, -0.15) is 0 Å². The smallest absolute Gasteiger partial charge is 0.0403 e. The molecule has 1 radical (unpaired) electrons. The Kier molecular flexibility index (Phi) is 3.02. The zero-order chi connectivity index (χ0) is 8.10. The van der Waals surface area contributed by atoms with E-state index in [9.17, 15) is 0 Å². The second-order valence-corrected chi connectivity index (χ2v) is 2.69. The van der Waals surface area contributed by atoms with E-state index in [-0.39, 0.29) is 0 Å². The third-order valence-electron chi connectivity index (χ3n) is 1.76. The molecule has 2 heteroatoms. The van der Waals surface area contributed by atoms with Crippen LogP contribution < -0.4 is 5.32 Å². The first-order valence-corrected chi connectivity index (χ1v) is 4.06. The summed E-state index contributed by atoms with van der Waals surface area (Å²) < 4.78 is 0. The molecule has 1 aliphatic rings. The van der Waals surface area contributed by atoms with Gasteiger partial charge in [-0.1, -0.05) is 13.3 Å². The molecule has 0 aliphatic carbocycles. The monoisotopic (exact) mass is 151 g/mol. The lowest BCUT2D eigenvalue weighted by Crippen LogP contribution is -2.15. The first-order valence-electron chi connectivity index (χ1n) is 4.06. The minimum Gasteiger partial charge on any atom is -0.365 e. The average molecular weight is 151 g/mol. The molecule has 1 N–H and O–H groups in total. The van der Waals surface area contributed by atoms with Crippen LogP contribution in [-0.2, 0) is 0 Å². The van der Waals surface area contributed by atoms with Crippen LogP contribution in [0.1, 0.15) is 26.2 Å². The Morgan fingerprint density at radius 1 is 1.64 bits per heavy atom. The Bertz CT molecular complexity index is 170. The minimum absolute atomic E-state index is 1.11. The molecule has 11 heavy (non-hydrogen) atoms. The quantitative estimate of drug-likeness (QED) is 0.665. The fourth-order valence-corrected chi connectivity index (χ4v) is 1.03. The van der Waals surface area contributed by atoms with Crippen LogP contribution in [0.15, 0.2) is 24.3 Å². The van der Waals surface area contributed by atoms with E-state index in [1.165, 1.54) is 18.5 Å². The van der Waals surface area contributed by atoms with E-state index in [1.54, 1.807) is 0 Å². The molecule has 0 amide bonds. The Balaban J connectivity index is 2.37. The second-order valence-electron chi connectivity index (χ2n) is 2.69. The largest absolute Gasteiger partial charge is 0.365 e. The number of unbranched alkanes of at least 4 members (excludes halogenated alkanes) is 1. The van der Waals surface area contributed by atoms with Gasteiger partial charge in [0.2, 0.25) is 0 Å². The summed E-state index contributed by atoms with van der Waals surface area (Å²) in [7, 11) is 3.87. The molecule has 0 spiro atoms. The van der Waals surface area contributed by atoms with E-state index in [0.29, 0.717) is 0 Å². The van der Waals surface area contributed by atoms with Crippen molar-refractivity contribution in [3.05, 3.63) is 31.3 Å². The highest BCUT2D eigenvalue weighted by molar-refractivity contribution is 5.10. The van der Waals surface area contributed by atoms with Gasteiger partial charge in [0.15, 0.2) is 0 Å². The van der Waals surface area contributed by atoms with Crippen LogP contribution in [-0.4, -0.2) is 4.90 Å². The highest BCUT2D eigenvalue weighted by atomic mass is 15.1. The molecule has 0 saturated carbocycles. The zero-order valence-electron chi connectivity index (χ0n) is 7.01. The summed E-state index contributed by atoms with van der Waals surface area (Å²) in [6, 6.07) is 0.